The van der Waals surface area contributed by atoms with Gasteiger partial charge in [-0.1, -0.05) is 6.07 Å². The molecule has 4 nitrogen and oxygen atoms in total. The number of nitrogens with one attached hydrogen (secondary N) is 1. The molecule has 0 radical (unpaired) electrons. The molecule has 0 aliphatic rings. The molecule has 0 bridgehead atoms. The van der Waals surface area contributed by atoms with E-state index in [1.807, 2.05) is 0 Å². The van der Waals surface area contributed by atoms with E-state index >= 15 is 0 Å². The first-order chi connectivity index (χ1) is 11.2. The van der Waals surface area contributed by atoms with Crippen LogP contribution in [-0.4, -0.2) is 8.42 Å². The molecule has 0 aromatic heterocycles. The first-order valence-corrected chi connectivity index (χ1v) is 8.37. The lowest BCUT2D eigenvalue weighted by Crippen LogP contribution is -2.07. The fourth-order valence-electron chi connectivity index (χ4n) is 2.13. The highest BCUT2D eigenvalue weighted by molar-refractivity contribution is 7.95. The summed E-state index contributed by atoms with van der Waals surface area (Å²) in [6, 6.07) is 9.08. The monoisotopic (exact) mass is 348 g/mol. The Morgan fingerprint density at radius 1 is 1.12 bits per heavy atom. The van der Waals surface area contributed by atoms with E-state index in [0.717, 1.165) is 29.5 Å². The molecule has 0 saturated heterocycles. The fourth-order valence-corrected chi connectivity index (χ4v) is 3.41. The summed E-state index contributed by atoms with van der Waals surface area (Å²) in [5.41, 5.74) is 1.34. The van der Waals surface area contributed by atoms with E-state index < -0.39 is 26.4 Å². The Morgan fingerprint density at radius 2 is 1.75 bits per heavy atom. The fraction of sp³-hybridized carbons (Fsp3) is 0.118. The number of nitriles is 1. The normalized spacial score (nSPS) is 11.9. The van der Waals surface area contributed by atoms with Gasteiger partial charge < -0.3 is 5.32 Å². The van der Waals surface area contributed by atoms with Crippen LogP contribution in [-0.2, 0) is 9.84 Å². The molecule has 7 heteroatoms. The number of sulfone groups is 1. The smallest absolute Gasteiger partial charge is 0.218 e. The van der Waals surface area contributed by atoms with Crippen LogP contribution in [0.15, 0.2) is 52.4 Å². The number of hydrogen-bond donors (Lipinski definition) is 1. The van der Waals surface area contributed by atoms with Gasteiger partial charge in [0.25, 0.3) is 0 Å². The van der Waals surface area contributed by atoms with Gasteiger partial charge >= 0.3 is 0 Å². The van der Waals surface area contributed by atoms with Crippen LogP contribution in [0.25, 0.3) is 0 Å². The van der Waals surface area contributed by atoms with Crippen LogP contribution in [0.2, 0.25) is 0 Å². The Bertz CT molecular complexity index is 941. The molecular weight excluding hydrogens is 334 g/mol. The van der Waals surface area contributed by atoms with Gasteiger partial charge in [0, 0.05) is 12.3 Å². The molecule has 0 heterocycles. The third kappa shape index (κ3) is 3.78. The van der Waals surface area contributed by atoms with Gasteiger partial charge in [-0.05, 0) is 49.2 Å². The van der Waals surface area contributed by atoms with Crippen molar-refractivity contribution in [1.29, 1.82) is 5.26 Å². The molecular formula is C17H14F2N2O2S. The zero-order valence-corrected chi connectivity index (χ0v) is 13.8. The standard InChI is InChI=1S/C17H14F2N2O2S/c1-11-5-12(2)7-14(6-11)24(22,23)15(9-20)10-21-17-4-3-13(18)8-16(17)19/h3-8,10,21H,1-2H3/b15-10-. The summed E-state index contributed by atoms with van der Waals surface area (Å²) < 4.78 is 51.5. The van der Waals surface area contributed by atoms with Gasteiger partial charge in [0.15, 0.2) is 4.91 Å². The van der Waals surface area contributed by atoms with Gasteiger partial charge in [-0.3, -0.25) is 0 Å². The van der Waals surface area contributed by atoms with Crippen molar-refractivity contribution < 1.29 is 17.2 Å². The Kier molecular flexibility index (Phi) is 5.00. The molecule has 1 N–H and O–H groups in total. The largest absolute Gasteiger partial charge is 0.357 e. The van der Waals surface area contributed by atoms with E-state index in [4.69, 9.17) is 5.26 Å². The molecule has 124 valence electrons. The summed E-state index contributed by atoms with van der Waals surface area (Å²) in [4.78, 5) is -0.592. The number of aryl methyl sites for hydroxylation is 2. The topological polar surface area (TPSA) is 70.0 Å². The SMILES string of the molecule is Cc1cc(C)cc(S(=O)(=O)/C(C#N)=C\Nc2ccc(F)cc2F)c1. The van der Waals surface area contributed by atoms with Crippen LogP contribution in [0.4, 0.5) is 14.5 Å². The van der Waals surface area contributed by atoms with Crippen molar-refractivity contribution in [3.63, 3.8) is 0 Å². The second kappa shape index (κ2) is 6.81. The number of nitrogens with zero attached hydrogens (tertiary/aromatic N) is 1. The van der Waals surface area contributed by atoms with E-state index in [0.29, 0.717) is 6.07 Å². The van der Waals surface area contributed by atoms with E-state index in [-0.39, 0.29) is 10.6 Å². The van der Waals surface area contributed by atoms with Crippen LogP contribution >= 0.6 is 0 Å². The predicted octanol–water partition coefficient (Wildman–Crippen LogP) is 3.83. The van der Waals surface area contributed by atoms with Crippen LogP contribution < -0.4 is 5.32 Å². The summed E-state index contributed by atoms with van der Waals surface area (Å²) in [6.45, 7) is 3.49. The minimum Gasteiger partial charge on any atom is -0.357 e. The van der Waals surface area contributed by atoms with Gasteiger partial charge in [0.1, 0.15) is 17.7 Å². The third-order valence-corrected chi connectivity index (χ3v) is 4.84. The van der Waals surface area contributed by atoms with Crippen molar-refractivity contribution in [3.05, 3.63) is 70.3 Å². The lowest BCUT2D eigenvalue weighted by Gasteiger charge is -2.07. The number of anilines is 1. The van der Waals surface area contributed by atoms with E-state index in [2.05, 4.69) is 5.32 Å². The molecule has 0 aliphatic carbocycles. The summed E-state index contributed by atoms with van der Waals surface area (Å²) in [5.74, 6) is -1.65. The number of rotatable bonds is 4. The highest BCUT2D eigenvalue weighted by Crippen LogP contribution is 2.22. The number of hydrogen-bond acceptors (Lipinski definition) is 4. The molecule has 0 saturated carbocycles. The Balaban J connectivity index is 2.41. The minimum absolute atomic E-state index is 0.0193. The summed E-state index contributed by atoms with van der Waals surface area (Å²) in [6.07, 6.45) is 0.892. The van der Waals surface area contributed by atoms with Crippen LogP contribution in [0.5, 0.6) is 0 Å². The number of allylic oxidation sites excluding steroid dienone is 1. The molecule has 0 fully saturated rings. The summed E-state index contributed by atoms with van der Waals surface area (Å²) in [7, 11) is -4.05. The van der Waals surface area contributed by atoms with Crippen molar-refractivity contribution in [2.45, 2.75) is 18.7 Å². The molecule has 0 spiro atoms. The zero-order valence-electron chi connectivity index (χ0n) is 13.0. The first-order valence-electron chi connectivity index (χ1n) is 6.89. The number of halogens is 2. The maximum atomic E-state index is 13.6. The van der Waals surface area contributed by atoms with Crippen molar-refractivity contribution >= 4 is 15.5 Å². The predicted molar refractivity (Wildman–Crippen MR) is 86.8 cm³/mol. The van der Waals surface area contributed by atoms with E-state index in [1.54, 1.807) is 26.0 Å². The lowest BCUT2D eigenvalue weighted by atomic mass is 10.2. The van der Waals surface area contributed by atoms with Gasteiger partial charge in [-0.2, -0.15) is 5.26 Å². The average Bonchev–Trinajstić information content (AvgIpc) is 2.48. The molecule has 0 unspecified atom stereocenters. The van der Waals surface area contributed by atoms with Crippen molar-refractivity contribution in [1.82, 2.24) is 0 Å². The molecule has 2 aromatic carbocycles. The van der Waals surface area contributed by atoms with Gasteiger partial charge in [-0.15, -0.1) is 0 Å². The average molecular weight is 348 g/mol. The van der Waals surface area contributed by atoms with Crippen LogP contribution in [0.1, 0.15) is 11.1 Å². The summed E-state index contributed by atoms with van der Waals surface area (Å²) >= 11 is 0. The van der Waals surface area contributed by atoms with E-state index in [1.165, 1.54) is 12.1 Å². The van der Waals surface area contributed by atoms with Gasteiger partial charge in [-0.25, -0.2) is 17.2 Å². The maximum Gasteiger partial charge on any atom is 0.218 e. The quantitative estimate of drug-likeness (QED) is 0.853. The Labute approximate surface area is 139 Å². The molecule has 24 heavy (non-hydrogen) atoms. The maximum absolute atomic E-state index is 13.6. The molecule has 2 rings (SSSR count). The zero-order chi connectivity index (χ0) is 17.9. The van der Waals surface area contributed by atoms with Gasteiger partial charge in [0.2, 0.25) is 9.84 Å². The first kappa shape index (κ1) is 17.6. The summed E-state index contributed by atoms with van der Waals surface area (Å²) in [5, 5.41) is 11.6. The van der Waals surface area contributed by atoms with Gasteiger partial charge in [0.05, 0.1) is 10.6 Å². The van der Waals surface area contributed by atoms with Crippen molar-refractivity contribution in [3.8, 4) is 6.07 Å². The third-order valence-electron chi connectivity index (χ3n) is 3.20. The highest BCUT2D eigenvalue weighted by Gasteiger charge is 2.21. The second-order valence-corrected chi connectivity index (χ2v) is 7.13. The Hall–Kier alpha value is -2.72. The van der Waals surface area contributed by atoms with Crippen molar-refractivity contribution in [2.24, 2.45) is 0 Å². The van der Waals surface area contributed by atoms with Crippen LogP contribution in [0.3, 0.4) is 0 Å². The number of benzene rings is 2. The molecule has 0 amide bonds. The molecule has 2 aromatic rings. The van der Waals surface area contributed by atoms with Crippen molar-refractivity contribution in [2.75, 3.05) is 5.32 Å². The Morgan fingerprint density at radius 3 is 2.29 bits per heavy atom. The molecule has 0 atom stereocenters. The van der Waals surface area contributed by atoms with E-state index in [9.17, 15) is 17.2 Å². The van der Waals surface area contributed by atoms with Crippen LogP contribution in [0, 0.1) is 36.8 Å². The molecule has 0 aliphatic heterocycles. The highest BCUT2D eigenvalue weighted by atomic mass is 32.2. The minimum atomic E-state index is -4.05. The lowest BCUT2D eigenvalue weighted by molar-refractivity contribution is 0.585. The second-order valence-electron chi connectivity index (χ2n) is 5.22.